The third kappa shape index (κ3) is 19.0. The Morgan fingerprint density at radius 2 is 0.866 bits per heavy atom. The molecule has 3 fully saturated rings. The van der Waals surface area contributed by atoms with Crippen molar-refractivity contribution < 1.29 is 47.9 Å². The normalized spacial score (nSPS) is 26.5. The van der Waals surface area contributed by atoms with Crippen LogP contribution in [0.15, 0.2) is 65.7 Å². The maximum atomic E-state index is 14.9. The Balaban J connectivity index is 1.57. The number of guanidine groups is 1. The van der Waals surface area contributed by atoms with Crippen LogP contribution in [0.1, 0.15) is 125 Å². The summed E-state index contributed by atoms with van der Waals surface area (Å²) in [6.45, 7) is 16.1. The van der Waals surface area contributed by atoms with E-state index in [4.69, 9.17) is 11.5 Å². The molecule has 0 saturated carbocycles. The molecule has 10 amide bonds. The maximum absolute atomic E-state index is 14.9. The van der Waals surface area contributed by atoms with E-state index in [1.165, 1.54) is 16.7 Å². The molecule has 3 aliphatic heterocycles. The largest absolute Gasteiger partial charge is 0.370 e. The molecule has 0 bridgehead atoms. The van der Waals surface area contributed by atoms with E-state index in [1.54, 1.807) is 76.2 Å². The van der Waals surface area contributed by atoms with Crippen molar-refractivity contribution in [2.75, 3.05) is 19.6 Å². The molecule has 0 radical (unpaired) electrons. The molecule has 2 aromatic carbocycles. The van der Waals surface area contributed by atoms with Gasteiger partial charge in [0, 0.05) is 32.5 Å². The lowest BCUT2D eigenvalue weighted by Gasteiger charge is -2.32. The molecule has 23 nitrogen and oxygen atoms in total. The van der Waals surface area contributed by atoms with Gasteiger partial charge in [-0.1, -0.05) is 116 Å². The molecule has 5 rings (SSSR count). The summed E-state index contributed by atoms with van der Waals surface area (Å²) in [5, 5.41) is 22.6. The van der Waals surface area contributed by atoms with Crippen LogP contribution in [0.25, 0.3) is 0 Å². The molecule has 3 aliphatic rings. The lowest BCUT2D eigenvalue weighted by Crippen LogP contribution is -2.62. The van der Waals surface area contributed by atoms with Crippen molar-refractivity contribution in [2.24, 2.45) is 40.1 Å². The molecule has 0 aliphatic carbocycles. The molecule has 0 unspecified atom stereocenters. The zero-order chi connectivity index (χ0) is 60.4. The fourth-order valence-corrected chi connectivity index (χ4v) is 10.6. The summed E-state index contributed by atoms with van der Waals surface area (Å²) in [4.78, 5) is 152. The number of benzene rings is 2. The first kappa shape index (κ1) is 65.2. The third-order valence-corrected chi connectivity index (χ3v) is 15.0. The second-order valence-electron chi connectivity index (χ2n) is 23.5. The van der Waals surface area contributed by atoms with E-state index in [0.29, 0.717) is 24.0 Å². The molecule has 450 valence electrons. The van der Waals surface area contributed by atoms with Gasteiger partial charge in [-0.25, -0.2) is 0 Å². The van der Waals surface area contributed by atoms with Crippen molar-refractivity contribution in [1.29, 1.82) is 0 Å². The fraction of sp³-hybridized carbons (Fsp3) is 0.610. The highest BCUT2D eigenvalue weighted by Gasteiger charge is 2.43. The first-order valence-electron chi connectivity index (χ1n) is 29.0. The van der Waals surface area contributed by atoms with Crippen LogP contribution >= 0.6 is 0 Å². The van der Waals surface area contributed by atoms with E-state index >= 15 is 0 Å². The van der Waals surface area contributed by atoms with Crippen LogP contribution in [0, 0.1) is 23.7 Å². The van der Waals surface area contributed by atoms with E-state index in [9.17, 15) is 47.9 Å². The Labute approximate surface area is 482 Å². The summed E-state index contributed by atoms with van der Waals surface area (Å²) >= 11 is 0. The molecule has 2 aromatic rings. The zero-order valence-electron chi connectivity index (χ0n) is 49.1. The van der Waals surface area contributed by atoms with Gasteiger partial charge in [0.1, 0.15) is 60.4 Å². The van der Waals surface area contributed by atoms with Gasteiger partial charge in [-0.05, 0) is 93.1 Å². The number of nitrogens with one attached hydrogen (secondary N) is 8. The minimum Gasteiger partial charge on any atom is -0.370 e. The van der Waals surface area contributed by atoms with Crippen molar-refractivity contribution in [3.8, 4) is 0 Å². The van der Waals surface area contributed by atoms with Crippen molar-refractivity contribution in [2.45, 2.75) is 187 Å². The summed E-state index contributed by atoms with van der Waals surface area (Å²) in [6.07, 6.45) is 1.84. The first-order valence-corrected chi connectivity index (χ1v) is 29.0. The lowest BCUT2D eigenvalue weighted by atomic mass is 9.99. The van der Waals surface area contributed by atoms with Gasteiger partial charge < -0.3 is 63.8 Å². The number of carbonyl (C=O) groups is 10. The van der Waals surface area contributed by atoms with Gasteiger partial charge in [-0.15, -0.1) is 0 Å². The second-order valence-corrected chi connectivity index (χ2v) is 23.5. The third-order valence-electron chi connectivity index (χ3n) is 15.0. The first-order chi connectivity index (χ1) is 38.8. The highest BCUT2D eigenvalue weighted by molar-refractivity contribution is 6.00. The van der Waals surface area contributed by atoms with Gasteiger partial charge in [0.15, 0.2) is 5.96 Å². The van der Waals surface area contributed by atoms with Crippen molar-refractivity contribution in [3.63, 3.8) is 0 Å². The van der Waals surface area contributed by atoms with E-state index < -0.39 is 131 Å². The molecule has 12 N–H and O–H groups in total. The summed E-state index contributed by atoms with van der Waals surface area (Å²) in [5.74, 6) is -8.12. The Bertz CT molecular complexity index is 2580. The van der Waals surface area contributed by atoms with E-state index in [0.717, 1.165) is 0 Å². The van der Waals surface area contributed by atoms with Crippen LogP contribution in [0.2, 0.25) is 0 Å². The van der Waals surface area contributed by atoms with Crippen LogP contribution in [-0.4, -0.2) is 155 Å². The summed E-state index contributed by atoms with van der Waals surface area (Å²) < 4.78 is 0. The highest BCUT2D eigenvalue weighted by Crippen LogP contribution is 2.23. The molecule has 3 saturated heterocycles. The molecule has 23 heteroatoms. The average molecular weight is 1140 g/mol. The summed E-state index contributed by atoms with van der Waals surface area (Å²) in [6, 6.07) is 6.10. The smallest absolute Gasteiger partial charge is 0.246 e. The average Bonchev–Trinajstić information content (AvgIpc) is 4.30. The van der Waals surface area contributed by atoms with Crippen LogP contribution in [0.3, 0.4) is 0 Å². The van der Waals surface area contributed by atoms with Gasteiger partial charge in [-0.3, -0.25) is 52.9 Å². The Kier molecular flexibility index (Phi) is 24.7. The van der Waals surface area contributed by atoms with Crippen LogP contribution < -0.4 is 54.0 Å². The molecule has 0 aromatic heterocycles. The fourth-order valence-electron chi connectivity index (χ4n) is 10.6. The number of fused-ring (bicyclic) bond motifs is 2. The number of hydrogen-bond acceptors (Lipinski definition) is 11. The minimum atomic E-state index is -1.29. The number of nitrogens with two attached hydrogens (primary N) is 2. The number of hydrogen-bond donors (Lipinski definition) is 10. The van der Waals surface area contributed by atoms with Crippen LogP contribution in [-0.2, 0) is 60.8 Å². The maximum Gasteiger partial charge on any atom is 0.246 e. The number of amides is 10. The van der Waals surface area contributed by atoms with E-state index in [-0.39, 0.29) is 88.8 Å². The molecule has 82 heavy (non-hydrogen) atoms. The Morgan fingerprint density at radius 3 is 1.27 bits per heavy atom. The zero-order valence-corrected chi connectivity index (χ0v) is 49.1. The Morgan fingerprint density at radius 1 is 0.488 bits per heavy atom. The van der Waals surface area contributed by atoms with Crippen LogP contribution in [0.4, 0.5) is 0 Å². The number of aliphatic imine (C=N–C) groups is 1. The molecular formula is C59H89N13O10. The monoisotopic (exact) mass is 1140 g/mol. The summed E-state index contributed by atoms with van der Waals surface area (Å²) in [5.41, 5.74) is 12.6. The van der Waals surface area contributed by atoms with E-state index in [1.807, 2.05) is 39.8 Å². The lowest BCUT2D eigenvalue weighted by molar-refractivity contribution is -0.143. The van der Waals surface area contributed by atoms with Gasteiger partial charge in [0.05, 0.1) is 0 Å². The number of carbonyl (C=O) groups excluding carboxylic acids is 10. The predicted molar refractivity (Wildman–Crippen MR) is 309 cm³/mol. The second kappa shape index (κ2) is 31.0. The van der Waals surface area contributed by atoms with Crippen molar-refractivity contribution in [1.82, 2.24) is 52.3 Å². The highest BCUT2D eigenvalue weighted by atomic mass is 16.2. The number of rotatable bonds is 14. The van der Waals surface area contributed by atoms with Crippen molar-refractivity contribution >= 4 is 65.0 Å². The molecule has 10 atom stereocenters. The van der Waals surface area contributed by atoms with Gasteiger partial charge >= 0.3 is 0 Å². The number of nitrogens with zero attached hydrogens (tertiary/aromatic N) is 3. The topological polar surface area (TPSA) is 338 Å². The van der Waals surface area contributed by atoms with E-state index in [2.05, 4.69) is 47.5 Å². The van der Waals surface area contributed by atoms with Gasteiger partial charge in [-0.2, -0.15) is 0 Å². The quantitative estimate of drug-likeness (QED) is 0.0715. The molecule has 3 heterocycles. The minimum absolute atomic E-state index is 0.00382. The van der Waals surface area contributed by atoms with Gasteiger partial charge in [0.25, 0.3) is 0 Å². The SMILES string of the molecule is CC(C)C[C@@H]1NC(=O)[C@H](C)NC(=O)[C@H](C(C)C)NC(=O)[C@@H]2CCCN2C(=O)[C@@H](Cc2ccccc2)NC(=O)[C@H](CC(C)C)NC(=O)[C@H](CCCN=C(N)N)NC(=O)[C@H](C(C)C)NC(=O)[C@@H]2CCCN2C(=O)[C@@H](Cc2ccccc2)NC1=O. The molecular weight excluding hydrogens is 1050 g/mol. The Hall–Kier alpha value is -7.59. The molecule has 0 spiro atoms. The van der Waals surface area contributed by atoms with Gasteiger partial charge in [0.2, 0.25) is 59.1 Å². The standard InChI is InChI=1S/C59H89N13O10/c1-33(2)29-41-51(75)67-43(31-38-19-12-10-13-20-38)57(81)72-28-18-25-46(72)54(78)70-48(36(7)8)56(80)64-40(23-16-26-62-59(60)61)50(74)66-42(30-34(3)4)52(76)68-44(32-39-21-14-11-15-22-39)58(82)71-27-17-24-45(71)53(77)69-47(35(5)6)55(79)63-37(9)49(73)65-41/h10-15,19-22,33-37,40-48H,16-18,23-32H2,1-9H3,(H,63,79)(H,64,80)(H,65,73)(H,66,74)(H,67,75)(H,68,76)(H,69,77)(H,70,78)(H4,60,61,62)/t37-,40-,41-,42-,43+,44+,45-,46-,47-,48-/m0/s1. The van der Waals surface area contributed by atoms with Crippen molar-refractivity contribution in [3.05, 3.63) is 71.8 Å². The van der Waals surface area contributed by atoms with Crippen LogP contribution in [0.5, 0.6) is 0 Å². The summed E-state index contributed by atoms with van der Waals surface area (Å²) in [7, 11) is 0. The predicted octanol–water partition coefficient (Wildman–Crippen LogP) is 0.823.